The molecule has 106 valence electrons. The molecule has 2 aromatic heterocycles. The summed E-state index contributed by atoms with van der Waals surface area (Å²) in [4.78, 5) is 9.06. The molecule has 6 heteroatoms. The first-order valence-corrected chi connectivity index (χ1v) is 6.78. The highest BCUT2D eigenvalue weighted by Crippen LogP contribution is 2.29. The van der Waals surface area contributed by atoms with E-state index >= 15 is 0 Å². The van der Waals surface area contributed by atoms with E-state index in [4.69, 9.17) is 15.0 Å². The van der Waals surface area contributed by atoms with Gasteiger partial charge in [0.2, 0.25) is 0 Å². The van der Waals surface area contributed by atoms with E-state index in [1.54, 1.807) is 0 Å². The number of furan rings is 1. The molecule has 0 spiro atoms. The lowest BCUT2D eigenvalue weighted by molar-refractivity contribution is 0.109. The number of hydrogen-bond donors (Lipinski definition) is 2. The third kappa shape index (κ3) is 2.05. The van der Waals surface area contributed by atoms with Crippen molar-refractivity contribution in [2.24, 2.45) is 5.84 Å². The van der Waals surface area contributed by atoms with E-state index in [-0.39, 0.29) is 0 Å². The first-order valence-electron chi connectivity index (χ1n) is 6.78. The van der Waals surface area contributed by atoms with Crippen molar-refractivity contribution in [2.75, 3.05) is 12.0 Å². The van der Waals surface area contributed by atoms with Gasteiger partial charge in [0.1, 0.15) is 11.4 Å². The van der Waals surface area contributed by atoms with Crippen LogP contribution in [-0.4, -0.2) is 16.6 Å². The van der Waals surface area contributed by atoms with Crippen molar-refractivity contribution in [2.45, 2.75) is 13.0 Å². The fraction of sp³-hybridized carbons (Fsp3) is 0.200. The molecule has 21 heavy (non-hydrogen) atoms. The van der Waals surface area contributed by atoms with Gasteiger partial charge in [-0.25, -0.2) is 15.8 Å². The number of nitrogen functional groups attached to an aromatic ring is 1. The fourth-order valence-corrected chi connectivity index (χ4v) is 2.55. The molecule has 3 N–H and O–H groups in total. The number of fused-ring (bicyclic) bond motifs is 2. The normalized spacial score (nSPS) is 14.1. The number of anilines is 1. The highest BCUT2D eigenvalue weighted by molar-refractivity contribution is 5.81. The van der Waals surface area contributed by atoms with Crippen LogP contribution in [0.25, 0.3) is 22.6 Å². The number of nitrogens with zero attached hydrogens (tertiary/aromatic N) is 2. The predicted octanol–water partition coefficient (Wildman–Crippen LogP) is 2.25. The van der Waals surface area contributed by atoms with Crippen molar-refractivity contribution >= 4 is 16.8 Å². The zero-order valence-corrected chi connectivity index (χ0v) is 11.3. The van der Waals surface area contributed by atoms with Gasteiger partial charge >= 0.3 is 0 Å². The molecule has 0 unspecified atom stereocenters. The maximum atomic E-state index is 5.82. The summed E-state index contributed by atoms with van der Waals surface area (Å²) in [5.41, 5.74) is 5.32. The van der Waals surface area contributed by atoms with Crippen LogP contribution in [0.4, 0.5) is 5.82 Å². The maximum Gasteiger partial charge on any atom is 0.197 e. The number of hydrazine groups is 1. The van der Waals surface area contributed by atoms with Gasteiger partial charge in [0, 0.05) is 17.4 Å². The van der Waals surface area contributed by atoms with Crippen molar-refractivity contribution in [3.05, 3.63) is 41.6 Å². The third-order valence-corrected chi connectivity index (χ3v) is 3.60. The van der Waals surface area contributed by atoms with E-state index in [1.165, 1.54) is 0 Å². The number of aromatic nitrogens is 2. The Morgan fingerprint density at radius 2 is 2.10 bits per heavy atom. The predicted molar refractivity (Wildman–Crippen MR) is 78.4 cm³/mol. The number of rotatable bonds is 2. The van der Waals surface area contributed by atoms with Gasteiger partial charge in [-0.3, -0.25) is 0 Å². The Kier molecular flexibility index (Phi) is 2.83. The standard InChI is InChI=1S/C15H14N4O2/c16-19-14-10-8-20-6-5-11(10)17-15(18-14)13-7-9-3-1-2-4-12(9)21-13/h1-4,7H,5-6,8,16H2,(H,17,18,19). The summed E-state index contributed by atoms with van der Waals surface area (Å²) in [6, 6.07) is 9.77. The molecular formula is C15H14N4O2. The van der Waals surface area contributed by atoms with Gasteiger partial charge in [0.25, 0.3) is 0 Å². The van der Waals surface area contributed by atoms with E-state index in [2.05, 4.69) is 15.4 Å². The lowest BCUT2D eigenvalue weighted by atomic mass is 10.1. The minimum atomic E-state index is 0.481. The van der Waals surface area contributed by atoms with Gasteiger partial charge < -0.3 is 14.6 Å². The molecule has 1 aromatic carbocycles. The Morgan fingerprint density at radius 1 is 1.19 bits per heavy atom. The lowest BCUT2D eigenvalue weighted by Gasteiger charge is -2.18. The average molecular weight is 282 g/mol. The Morgan fingerprint density at radius 3 is 2.95 bits per heavy atom. The van der Waals surface area contributed by atoms with Crippen LogP contribution in [-0.2, 0) is 17.8 Å². The van der Waals surface area contributed by atoms with Crippen LogP contribution in [0.1, 0.15) is 11.3 Å². The number of ether oxygens (including phenoxy) is 1. The first kappa shape index (κ1) is 12.3. The summed E-state index contributed by atoms with van der Waals surface area (Å²) in [6.07, 6.45) is 0.750. The van der Waals surface area contributed by atoms with E-state index in [1.807, 2.05) is 30.3 Å². The number of nitrogens with one attached hydrogen (secondary N) is 1. The second kappa shape index (κ2) is 4.83. The van der Waals surface area contributed by atoms with E-state index in [9.17, 15) is 0 Å². The first-order chi connectivity index (χ1) is 10.3. The second-order valence-electron chi connectivity index (χ2n) is 4.92. The lowest BCUT2D eigenvalue weighted by Crippen LogP contribution is -2.19. The van der Waals surface area contributed by atoms with Gasteiger partial charge in [-0.15, -0.1) is 0 Å². The summed E-state index contributed by atoms with van der Waals surface area (Å²) in [5.74, 6) is 7.34. The zero-order chi connectivity index (χ0) is 14.2. The minimum absolute atomic E-state index is 0.481. The Bertz CT molecular complexity index is 762. The Hall–Kier alpha value is -2.44. The maximum absolute atomic E-state index is 5.82. The van der Waals surface area contributed by atoms with Crippen molar-refractivity contribution in [3.63, 3.8) is 0 Å². The smallest absolute Gasteiger partial charge is 0.197 e. The van der Waals surface area contributed by atoms with Crippen LogP contribution in [0.15, 0.2) is 34.7 Å². The molecule has 3 heterocycles. The van der Waals surface area contributed by atoms with E-state index in [0.29, 0.717) is 30.6 Å². The molecule has 0 atom stereocenters. The van der Waals surface area contributed by atoms with Crippen LogP contribution >= 0.6 is 0 Å². The summed E-state index contributed by atoms with van der Waals surface area (Å²) >= 11 is 0. The molecule has 0 fully saturated rings. The molecule has 0 aliphatic carbocycles. The largest absolute Gasteiger partial charge is 0.453 e. The van der Waals surface area contributed by atoms with Crippen molar-refractivity contribution < 1.29 is 9.15 Å². The summed E-state index contributed by atoms with van der Waals surface area (Å²) in [5, 5.41) is 1.03. The van der Waals surface area contributed by atoms with Crippen LogP contribution in [0.3, 0.4) is 0 Å². The quantitative estimate of drug-likeness (QED) is 0.554. The molecule has 0 saturated carbocycles. The van der Waals surface area contributed by atoms with E-state index < -0.39 is 0 Å². The average Bonchev–Trinajstić information content (AvgIpc) is 2.98. The van der Waals surface area contributed by atoms with Crippen molar-refractivity contribution in [1.82, 2.24) is 9.97 Å². The monoisotopic (exact) mass is 282 g/mol. The Balaban J connectivity index is 1.87. The molecule has 1 aliphatic rings. The molecule has 3 aromatic rings. The molecule has 0 amide bonds. The second-order valence-corrected chi connectivity index (χ2v) is 4.92. The SMILES string of the molecule is NNc1nc(-c2cc3ccccc3o2)nc2c1COCC2. The topological polar surface area (TPSA) is 86.2 Å². The highest BCUT2D eigenvalue weighted by Gasteiger charge is 2.19. The van der Waals surface area contributed by atoms with E-state index in [0.717, 1.165) is 28.6 Å². The minimum Gasteiger partial charge on any atom is -0.453 e. The zero-order valence-electron chi connectivity index (χ0n) is 11.3. The molecule has 0 saturated heterocycles. The van der Waals surface area contributed by atoms with Gasteiger partial charge in [-0.1, -0.05) is 18.2 Å². The van der Waals surface area contributed by atoms with Crippen LogP contribution in [0.2, 0.25) is 0 Å². The van der Waals surface area contributed by atoms with Crippen LogP contribution < -0.4 is 11.3 Å². The third-order valence-electron chi connectivity index (χ3n) is 3.60. The fourth-order valence-electron chi connectivity index (χ4n) is 2.55. The highest BCUT2D eigenvalue weighted by atomic mass is 16.5. The molecule has 6 nitrogen and oxygen atoms in total. The number of nitrogens with two attached hydrogens (primary N) is 1. The van der Waals surface area contributed by atoms with Gasteiger partial charge in [0.15, 0.2) is 11.6 Å². The van der Waals surface area contributed by atoms with Crippen LogP contribution in [0, 0.1) is 0 Å². The van der Waals surface area contributed by atoms with Crippen molar-refractivity contribution in [1.29, 1.82) is 0 Å². The summed E-state index contributed by atoms with van der Waals surface area (Å²) in [6.45, 7) is 1.14. The summed E-state index contributed by atoms with van der Waals surface area (Å²) in [7, 11) is 0. The molecule has 4 rings (SSSR count). The number of para-hydroxylation sites is 1. The van der Waals surface area contributed by atoms with Gasteiger partial charge in [0.05, 0.1) is 18.9 Å². The van der Waals surface area contributed by atoms with Gasteiger partial charge in [-0.05, 0) is 12.1 Å². The molecular weight excluding hydrogens is 268 g/mol. The summed E-state index contributed by atoms with van der Waals surface area (Å²) < 4.78 is 11.3. The Labute approximate surface area is 120 Å². The number of benzene rings is 1. The molecule has 0 bridgehead atoms. The molecule has 0 radical (unpaired) electrons. The van der Waals surface area contributed by atoms with Crippen molar-refractivity contribution in [3.8, 4) is 11.6 Å². The number of hydrogen-bond acceptors (Lipinski definition) is 6. The molecule has 1 aliphatic heterocycles. The van der Waals surface area contributed by atoms with Gasteiger partial charge in [-0.2, -0.15) is 0 Å². The van der Waals surface area contributed by atoms with Crippen LogP contribution in [0.5, 0.6) is 0 Å².